The van der Waals surface area contributed by atoms with E-state index in [1.165, 1.54) is 0 Å². The highest BCUT2D eigenvalue weighted by Gasteiger charge is 2.96. The van der Waals surface area contributed by atoms with E-state index in [1.54, 1.807) is 0 Å². The Morgan fingerprint density at radius 2 is 0.812 bits per heavy atom. The highest BCUT2D eigenvalue weighted by molar-refractivity contribution is 7.90. The van der Waals surface area contributed by atoms with E-state index in [9.17, 15) is 83.1 Å². The summed E-state index contributed by atoms with van der Waals surface area (Å²) in [6, 6.07) is 0. The van der Waals surface area contributed by atoms with Gasteiger partial charge >= 0.3 is 57.0 Å². The Hall–Kier alpha value is -1.32. The summed E-state index contributed by atoms with van der Waals surface area (Å²) in [5, 5.41) is 0.805. The summed E-state index contributed by atoms with van der Waals surface area (Å²) in [7, 11) is -7.59. The van der Waals surface area contributed by atoms with Crippen molar-refractivity contribution in [2.24, 2.45) is 0 Å². The number of nitrogens with zero attached hydrogens (tertiary/aromatic N) is 1. The summed E-state index contributed by atoms with van der Waals surface area (Å²) in [5.41, 5.74) is 0. The first kappa shape index (κ1) is 30.7. The molecular formula is C10H6F17NO3S. The van der Waals surface area contributed by atoms with Crippen LogP contribution in [-0.2, 0) is 10.0 Å². The lowest BCUT2D eigenvalue weighted by Gasteiger charge is -2.42. The largest absolute Gasteiger partial charge is 0.460 e. The van der Waals surface area contributed by atoms with Gasteiger partial charge in [0.1, 0.15) is 0 Å². The summed E-state index contributed by atoms with van der Waals surface area (Å²) < 4.78 is 240. The van der Waals surface area contributed by atoms with Crippen LogP contribution in [0.2, 0.25) is 0 Å². The summed E-state index contributed by atoms with van der Waals surface area (Å²) in [6.45, 7) is -1.38. The smallest absolute Gasteiger partial charge is 0.299 e. The molecule has 0 unspecified atom stereocenters. The molecule has 0 rings (SSSR count). The quantitative estimate of drug-likeness (QED) is 0.330. The summed E-state index contributed by atoms with van der Waals surface area (Å²) >= 11 is 0. The number of hydroxylamine groups is 1. The molecule has 0 aliphatic carbocycles. The highest BCUT2D eigenvalue weighted by Crippen LogP contribution is 2.64. The molecule has 4 nitrogen and oxygen atoms in total. The molecule has 0 heterocycles. The Kier molecular flexibility index (Phi) is 7.29. The average molecular weight is 543 g/mol. The van der Waals surface area contributed by atoms with Crippen molar-refractivity contribution < 1.29 is 88.3 Å². The zero-order valence-corrected chi connectivity index (χ0v) is 15.1. The van der Waals surface area contributed by atoms with Crippen molar-refractivity contribution in [2.45, 2.75) is 53.9 Å². The SMILES string of the molecule is CCN(O)S(=O)(=O)C(F)(F)C(F)(F)C(F)(F)C(F)(F)C(F)(F)C(F)(F)C(F)(F)C(F)(F)F. The molecule has 0 aliphatic rings. The van der Waals surface area contributed by atoms with E-state index in [0.717, 1.165) is 0 Å². The molecule has 0 atom stereocenters. The van der Waals surface area contributed by atoms with E-state index in [0.29, 0.717) is 6.92 Å². The van der Waals surface area contributed by atoms with Gasteiger partial charge in [0.2, 0.25) is 0 Å². The summed E-state index contributed by atoms with van der Waals surface area (Å²) in [4.78, 5) is 0. The maximum absolute atomic E-state index is 13.4. The molecule has 0 saturated heterocycles. The van der Waals surface area contributed by atoms with Gasteiger partial charge in [0.05, 0.1) is 0 Å². The molecule has 0 fully saturated rings. The monoisotopic (exact) mass is 543 g/mol. The predicted octanol–water partition coefficient (Wildman–Crippen LogP) is 4.99. The third-order valence-corrected chi connectivity index (χ3v) is 5.28. The second kappa shape index (κ2) is 7.60. The summed E-state index contributed by atoms with van der Waals surface area (Å²) in [5.74, 6) is -52.0. The predicted molar refractivity (Wildman–Crippen MR) is 63.8 cm³/mol. The van der Waals surface area contributed by atoms with Crippen LogP contribution in [-0.4, -0.2) is 71.6 Å². The van der Waals surface area contributed by atoms with Gasteiger partial charge in [-0.25, -0.2) is 8.42 Å². The third-order valence-electron chi connectivity index (χ3n) is 3.57. The number of sulfonamides is 1. The van der Waals surface area contributed by atoms with Crippen LogP contribution in [0.3, 0.4) is 0 Å². The maximum Gasteiger partial charge on any atom is 0.460 e. The first-order chi connectivity index (χ1) is 13.5. The lowest BCUT2D eigenvalue weighted by molar-refractivity contribution is -0.458. The molecule has 0 aromatic rings. The van der Waals surface area contributed by atoms with E-state index in [4.69, 9.17) is 5.21 Å². The molecular weight excluding hydrogens is 537 g/mol. The number of hydrogen-bond acceptors (Lipinski definition) is 3. The van der Waals surface area contributed by atoms with Crippen LogP contribution < -0.4 is 0 Å². The van der Waals surface area contributed by atoms with Crippen molar-refractivity contribution in [1.82, 2.24) is 4.47 Å². The van der Waals surface area contributed by atoms with Gasteiger partial charge in [-0.15, -0.1) is 0 Å². The number of hydrogen-bond donors (Lipinski definition) is 1. The third kappa shape index (κ3) is 3.55. The van der Waals surface area contributed by atoms with E-state index < -0.39 is 68.0 Å². The molecule has 32 heavy (non-hydrogen) atoms. The Balaban J connectivity index is 6.99. The number of rotatable bonds is 9. The Morgan fingerprint density at radius 3 is 1.06 bits per heavy atom. The van der Waals surface area contributed by atoms with Crippen LogP contribution in [0.25, 0.3) is 0 Å². The Bertz CT molecular complexity index is 802. The topological polar surface area (TPSA) is 57.6 Å². The minimum absolute atomic E-state index is 0.326. The van der Waals surface area contributed by atoms with Crippen LogP contribution in [0.5, 0.6) is 0 Å². The van der Waals surface area contributed by atoms with Crippen LogP contribution >= 0.6 is 0 Å². The standard InChI is InChI=1S/C10H6F17NO3S/c1-2-28(29)32(30,31)10(26,27)8(21,22)6(17,18)4(13,14)3(11,12)5(15,16)7(19,20)9(23,24)25/h29H,2H2,1H3. The minimum atomic E-state index is -8.90. The van der Waals surface area contributed by atoms with E-state index in [1.807, 2.05) is 0 Å². The van der Waals surface area contributed by atoms with Crippen molar-refractivity contribution in [3.05, 3.63) is 0 Å². The molecule has 0 spiro atoms. The fourth-order valence-corrected chi connectivity index (χ4v) is 2.67. The number of alkyl halides is 17. The van der Waals surface area contributed by atoms with E-state index in [-0.39, 0.29) is 0 Å². The molecule has 0 radical (unpaired) electrons. The first-order valence-corrected chi connectivity index (χ1v) is 8.35. The van der Waals surface area contributed by atoms with Crippen LogP contribution in [0.15, 0.2) is 0 Å². The molecule has 0 amide bonds. The molecule has 194 valence electrons. The molecule has 0 saturated carbocycles. The molecule has 0 aliphatic heterocycles. The molecule has 0 bridgehead atoms. The van der Waals surface area contributed by atoms with Crippen molar-refractivity contribution in [3.63, 3.8) is 0 Å². The van der Waals surface area contributed by atoms with Gasteiger partial charge in [0.25, 0.3) is 0 Å². The van der Waals surface area contributed by atoms with Crippen molar-refractivity contribution in [2.75, 3.05) is 6.54 Å². The van der Waals surface area contributed by atoms with Crippen LogP contribution in [0.4, 0.5) is 74.6 Å². The van der Waals surface area contributed by atoms with E-state index >= 15 is 0 Å². The van der Waals surface area contributed by atoms with Crippen LogP contribution in [0.1, 0.15) is 6.92 Å². The van der Waals surface area contributed by atoms with Gasteiger partial charge in [-0.1, -0.05) is 4.47 Å². The molecule has 1 N–H and O–H groups in total. The van der Waals surface area contributed by atoms with Gasteiger partial charge in [0.15, 0.2) is 0 Å². The van der Waals surface area contributed by atoms with Gasteiger partial charge in [-0.3, -0.25) is 5.21 Å². The van der Waals surface area contributed by atoms with Gasteiger partial charge in [0, 0.05) is 6.54 Å². The highest BCUT2D eigenvalue weighted by atomic mass is 32.2. The fourth-order valence-electron chi connectivity index (χ4n) is 1.61. The average Bonchev–Trinajstić information content (AvgIpc) is 2.58. The zero-order valence-electron chi connectivity index (χ0n) is 14.3. The number of halogens is 17. The second-order valence-electron chi connectivity index (χ2n) is 5.60. The van der Waals surface area contributed by atoms with Crippen LogP contribution in [0, 0.1) is 0 Å². The molecule has 0 aromatic heterocycles. The molecule has 22 heteroatoms. The van der Waals surface area contributed by atoms with Gasteiger partial charge < -0.3 is 0 Å². The van der Waals surface area contributed by atoms with Gasteiger partial charge in [-0.2, -0.15) is 74.6 Å². The van der Waals surface area contributed by atoms with Crippen molar-refractivity contribution in [1.29, 1.82) is 0 Å². The second-order valence-corrected chi connectivity index (χ2v) is 7.49. The van der Waals surface area contributed by atoms with Gasteiger partial charge in [-0.05, 0) is 6.92 Å². The first-order valence-electron chi connectivity index (χ1n) is 6.91. The minimum Gasteiger partial charge on any atom is -0.299 e. The molecule has 0 aromatic carbocycles. The summed E-state index contributed by atoms with van der Waals surface area (Å²) in [6.07, 6.45) is -7.89. The van der Waals surface area contributed by atoms with Crippen molar-refractivity contribution >= 4 is 10.0 Å². The van der Waals surface area contributed by atoms with Crippen molar-refractivity contribution in [3.8, 4) is 0 Å². The fraction of sp³-hybridized carbons (Fsp3) is 1.00. The lowest BCUT2D eigenvalue weighted by atomic mass is 9.91. The maximum atomic E-state index is 13.4. The van der Waals surface area contributed by atoms with E-state index in [2.05, 4.69) is 0 Å². The zero-order chi connectivity index (χ0) is 26.8. The lowest BCUT2D eigenvalue weighted by Crippen LogP contribution is -2.75. The normalized spacial score (nSPS) is 16.6. The Labute approximate surface area is 164 Å². The Morgan fingerprint density at radius 1 is 0.562 bits per heavy atom.